The molecule has 0 spiro atoms. The van der Waals surface area contributed by atoms with Crippen LogP contribution < -0.4 is 9.64 Å². The smallest absolute Gasteiger partial charge is 0.144 e. The molecule has 5 heteroatoms. The van der Waals surface area contributed by atoms with Crippen LogP contribution in [-0.2, 0) is 6.54 Å². The van der Waals surface area contributed by atoms with Crippen LogP contribution in [0.5, 0.6) is 5.75 Å². The Morgan fingerprint density at radius 3 is 2.67 bits per heavy atom. The number of anilines is 1. The molecule has 2 aliphatic rings. The molecule has 0 aliphatic carbocycles. The van der Waals surface area contributed by atoms with E-state index in [4.69, 9.17) is 27.9 Å². The maximum atomic E-state index is 6.24. The van der Waals surface area contributed by atoms with E-state index in [0.29, 0.717) is 22.7 Å². The van der Waals surface area contributed by atoms with Crippen molar-refractivity contribution >= 4 is 28.9 Å². The third-order valence-corrected chi connectivity index (χ3v) is 5.56. The van der Waals surface area contributed by atoms with Crippen LogP contribution in [0.15, 0.2) is 42.5 Å². The minimum Gasteiger partial charge on any atom is -0.491 e. The molecular weight excluding hydrogens is 343 g/mol. The summed E-state index contributed by atoms with van der Waals surface area (Å²) in [6.45, 7) is 4.76. The van der Waals surface area contributed by atoms with Gasteiger partial charge >= 0.3 is 0 Å². The molecule has 126 valence electrons. The molecular formula is C19H20Cl2N2O. The van der Waals surface area contributed by atoms with Crippen LogP contribution in [0.2, 0.25) is 10.0 Å². The van der Waals surface area contributed by atoms with Gasteiger partial charge in [-0.25, -0.2) is 0 Å². The Kier molecular flexibility index (Phi) is 4.57. The Labute approximate surface area is 152 Å². The molecule has 1 saturated heterocycles. The van der Waals surface area contributed by atoms with E-state index in [-0.39, 0.29) is 0 Å². The highest BCUT2D eigenvalue weighted by molar-refractivity contribution is 6.42. The van der Waals surface area contributed by atoms with Crippen molar-refractivity contribution in [1.82, 2.24) is 4.90 Å². The van der Waals surface area contributed by atoms with Crippen molar-refractivity contribution in [3.8, 4) is 5.75 Å². The highest BCUT2D eigenvalue weighted by Crippen LogP contribution is 2.40. The summed E-state index contributed by atoms with van der Waals surface area (Å²) in [6.07, 6.45) is 1.01. The number of ether oxygens (including phenoxy) is 1. The van der Waals surface area contributed by atoms with Crippen molar-refractivity contribution in [2.75, 3.05) is 31.1 Å². The lowest BCUT2D eigenvalue weighted by Crippen LogP contribution is -2.52. The lowest BCUT2D eigenvalue weighted by molar-refractivity contribution is 0.202. The summed E-state index contributed by atoms with van der Waals surface area (Å²) in [5.41, 5.74) is 2.44. The van der Waals surface area contributed by atoms with E-state index in [1.165, 1.54) is 5.56 Å². The molecule has 24 heavy (non-hydrogen) atoms. The fraction of sp³-hybridized carbons (Fsp3) is 0.368. The summed E-state index contributed by atoms with van der Waals surface area (Å²) < 4.78 is 5.93. The Balaban J connectivity index is 1.54. The van der Waals surface area contributed by atoms with Gasteiger partial charge < -0.3 is 9.64 Å². The summed E-state index contributed by atoms with van der Waals surface area (Å²) in [5, 5.41) is 1.14. The van der Waals surface area contributed by atoms with E-state index < -0.39 is 0 Å². The Hall–Kier alpha value is -1.42. The SMILES string of the molecule is Clc1cc2c(cc1Cl)N1CCN(Cc3ccccc3)C[C@@H]1CCO2. The first-order valence-corrected chi connectivity index (χ1v) is 9.11. The van der Waals surface area contributed by atoms with E-state index in [1.54, 1.807) is 0 Å². The molecule has 1 atom stereocenters. The number of hydrogen-bond acceptors (Lipinski definition) is 3. The van der Waals surface area contributed by atoms with Gasteiger partial charge in [0.1, 0.15) is 5.75 Å². The summed E-state index contributed by atoms with van der Waals surface area (Å²) in [4.78, 5) is 4.96. The van der Waals surface area contributed by atoms with Gasteiger partial charge in [0.15, 0.2) is 0 Å². The first kappa shape index (κ1) is 16.1. The van der Waals surface area contributed by atoms with Crippen LogP contribution in [-0.4, -0.2) is 37.2 Å². The lowest BCUT2D eigenvalue weighted by atomic mass is 10.1. The predicted octanol–water partition coefficient (Wildman–Crippen LogP) is 4.47. The minimum atomic E-state index is 0.445. The van der Waals surface area contributed by atoms with Crippen LogP contribution in [0.1, 0.15) is 12.0 Å². The van der Waals surface area contributed by atoms with Crippen molar-refractivity contribution in [1.29, 1.82) is 0 Å². The lowest BCUT2D eigenvalue weighted by Gasteiger charge is -2.42. The number of hydrogen-bond donors (Lipinski definition) is 0. The Morgan fingerprint density at radius 1 is 1.04 bits per heavy atom. The third kappa shape index (κ3) is 3.21. The third-order valence-electron chi connectivity index (χ3n) is 4.84. The Bertz CT molecular complexity index is 723. The van der Waals surface area contributed by atoms with Crippen LogP contribution in [0.4, 0.5) is 5.69 Å². The number of rotatable bonds is 2. The van der Waals surface area contributed by atoms with Gasteiger partial charge in [-0.2, -0.15) is 0 Å². The highest BCUT2D eigenvalue weighted by Gasteiger charge is 2.31. The second kappa shape index (κ2) is 6.83. The summed E-state index contributed by atoms with van der Waals surface area (Å²) in [6, 6.07) is 14.9. The molecule has 1 fully saturated rings. The topological polar surface area (TPSA) is 15.7 Å². The normalized spacial score (nSPS) is 20.8. The molecule has 3 nitrogen and oxygen atoms in total. The standard InChI is InChI=1S/C19H20Cl2N2O/c20-16-10-18-19(11-17(16)21)24-9-6-15-13-22(7-8-23(15)18)12-14-4-2-1-3-5-14/h1-5,10-11,15H,6-9,12-13H2/t15-/m0/s1. The van der Waals surface area contributed by atoms with Gasteiger partial charge in [-0.15, -0.1) is 0 Å². The van der Waals surface area contributed by atoms with Crippen LogP contribution in [0.25, 0.3) is 0 Å². The Morgan fingerprint density at radius 2 is 1.83 bits per heavy atom. The van der Waals surface area contributed by atoms with E-state index in [1.807, 2.05) is 12.1 Å². The first-order valence-electron chi connectivity index (χ1n) is 8.35. The fourth-order valence-electron chi connectivity index (χ4n) is 3.63. The first-order chi connectivity index (χ1) is 11.7. The van der Waals surface area contributed by atoms with E-state index >= 15 is 0 Å². The van der Waals surface area contributed by atoms with Gasteiger partial charge in [0.05, 0.1) is 22.3 Å². The van der Waals surface area contributed by atoms with Crippen molar-refractivity contribution in [2.24, 2.45) is 0 Å². The minimum absolute atomic E-state index is 0.445. The number of piperazine rings is 1. The number of halogens is 2. The second-order valence-corrected chi connectivity index (χ2v) is 7.25. The molecule has 2 aromatic carbocycles. The molecule has 2 aromatic rings. The van der Waals surface area contributed by atoms with Crippen LogP contribution >= 0.6 is 23.2 Å². The molecule has 2 heterocycles. The number of nitrogens with zero attached hydrogens (tertiary/aromatic N) is 2. The largest absolute Gasteiger partial charge is 0.491 e. The molecule has 2 aliphatic heterocycles. The van der Waals surface area contributed by atoms with Gasteiger partial charge in [0.2, 0.25) is 0 Å². The van der Waals surface area contributed by atoms with E-state index in [0.717, 1.165) is 44.0 Å². The zero-order valence-corrected chi connectivity index (χ0v) is 14.9. The zero-order chi connectivity index (χ0) is 16.5. The van der Waals surface area contributed by atoms with Crippen LogP contribution in [0, 0.1) is 0 Å². The molecule has 0 amide bonds. The van der Waals surface area contributed by atoms with Gasteiger partial charge in [0.25, 0.3) is 0 Å². The summed E-state index contributed by atoms with van der Waals surface area (Å²) in [5.74, 6) is 0.850. The van der Waals surface area contributed by atoms with Crippen molar-refractivity contribution in [3.05, 3.63) is 58.1 Å². The number of benzene rings is 2. The average molecular weight is 363 g/mol. The molecule has 0 aromatic heterocycles. The quantitative estimate of drug-likeness (QED) is 0.783. The van der Waals surface area contributed by atoms with E-state index in [9.17, 15) is 0 Å². The molecule has 0 unspecified atom stereocenters. The summed E-state index contributed by atoms with van der Waals surface area (Å²) in [7, 11) is 0. The maximum absolute atomic E-state index is 6.24. The second-order valence-electron chi connectivity index (χ2n) is 6.44. The van der Waals surface area contributed by atoms with E-state index in [2.05, 4.69) is 40.1 Å². The summed E-state index contributed by atoms with van der Waals surface area (Å²) >= 11 is 12.4. The van der Waals surface area contributed by atoms with Gasteiger partial charge in [0, 0.05) is 44.7 Å². The molecule has 0 saturated carbocycles. The molecule has 0 N–H and O–H groups in total. The van der Waals surface area contributed by atoms with Gasteiger partial charge in [-0.1, -0.05) is 53.5 Å². The molecule has 0 bridgehead atoms. The predicted molar refractivity (Wildman–Crippen MR) is 99.4 cm³/mol. The van der Waals surface area contributed by atoms with Gasteiger partial charge in [-0.3, -0.25) is 4.90 Å². The molecule has 0 radical (unpaired) electrons. The number of fused-ring (bicyclic) bond motifs is 3. The van der Waals surface area contributed by atoms with Crippen molar-refractivity contribution < 1.29 is 4.74 Å². The van der Waals surface area contributed by atoms with Crippen molar-refractivity contribution in [2.45, 2.75) is 19.0 Å². The fourth-order valence-corrected chi connectivity index (χ4v) is 3.94. The van der Waals surface area contributed by atoms with Crippen LogP contribution in [0.3, 0.4) is 0 Å². The highest BCUT2D eigenvalue weighted by atomic mass is 35.5. The van der Waals surface area contributed by atoms with Gasteiger partial charge in [-0.05, 0) is 11.6 Å². The average Bonchev–Trinajstić information content (AvgIpc) is 2.75. The monoisotopic (exact) mass is 362 g/mol. The molecule has 4 rings (SSSR count). The van der Waals surface area contributed by atoms with Crippen molar-refractivity contribution in [3.63, 3.8) is 0 Å². The maximum Gasteiger partial charge on any atom is 0.144 e. The zero-order valence-electron chi connectivity index (χ0n) is 13.4.